The highest BCUT2D eigenvalue weighted by Crippen LogP contribution is 2.17. The topological polar surface area (TPSA) is 41.8 Å². The molecule has 0 aliphatic carbocycles. The Morgan fingerprint density at radius 1 is 1.38 bits per heavy atom. The van der Waals surface area contributed by atoms with Gasteiger partial charge in [0.15, 0.2) is 0 Å². The molecule has 2 aromatic rings. The number of nitrogens with one attached hydrogen (secondary N) is 1. The molecule has 0 saturated carbocycles. The van der Waals surface area contributed by atoms with E-state index >= 15 is 0 Å². The molecule has 0 aliphatic heterocycles. The number of nitrogens with two attached hydrogens (primary N) is 1. The summed E-state index contributed by atoms with van der Waals surface area (Å²) in [6.07, 6.45) is 2.58. The minimum absolute atomic E-state index is 0.530. The fourth-order valence-electron chi connectivity index (χ4n) is 1.48. The van der Waals surface area contributed by atoms with Crippen LogP contribution in [0.4, 0.5) is 0 Å². The van der Waals surface area contributed by atoms with Crippen LogP contribution in [0.25, 0.3) is 10.9 Å². The molecule has 13 heavy (non-hydrogen) atoms. The molecule has 2 rings (SSSR count). The Morgan fingerprint density at radius 3 is 3.00 bits per heavy atom. The molecule has 0 radical (unpaired) electrons. The Balaban J connectivity index is 2.54. The molecular formula is C10H10N2S. The van der Waals surface area contributed by atoms with Gasteiger partial charge in [-0.3, -0.25) is 0 Å². The first-order chi connectivity index (χ1) is 6.27. The Kier molecular flexibility index (Phi) is 2.02. The standard InChI is InChI=1S/C10H10N2S/c11-9(13)6-8-3-1-2-7-4-5-12-10(7)8/h1-5,12H,6H2,(H2,11,13). The third-order valence-corrected chi connectivity index (χ3v) is 2.18. The van der Waals surface area contributed by atoms with Crippen LogP contribution in [0, 0.1) is 0 Å². The molecule has 0 saturated heterocycles. The number of para-hydroxylation sites is 1. The molecule has 0 spiro atoms. The molecule has 3 N–H and O–H groups in total. The number of aromatic nitrogens is 1. The summed E-state index contributed by atoms with van der Waals surface area (Å²) < 4.78 is 0. The Labute approximate surface area is 81.8 Å². The zero-order chi connectivity index (χ0) is 9.26. The van der Waals surface area contributed by atoms with E-state index in [4.69, 9.17) is 18.0 Å². The molecule has 1 heterocycles. The van der Waals surface area contributed by atoms with Gasteiger partial charge in [-0.25, -0.2) is 0 Å². The van der Waals surface area contributed by atoms with Crippen molar-refractivity contribution >= 4 is 28.1 Å². The van der Waals surface area contributed by atoms with E-state index in [0.717, 1.165) is 11.1 Å². The zero-order valence-corrected chi connectivity index (χ0v) is 7.90. The van der Waals surface area contributed by atoms with E-state index in [1.807, 2.05) is 24.4 Å². The van der Waals surface area contributed by atoms with E-state index in [1.54, 1.807) is 0 Å². The predicted octanol–water partition coefficient (Wildman–Crippen LogP) is 2.00. The first kappa shape index (κ1) is 8.26. The molecule has 0 bridgehead atoms. The van der Waals surface area contributed by atoms with Gasteiger partial charge in [0.25, 0.3) is 0 Å². The zero-order valence-electron chi connectivity index (χ0n) is 7.08. The molecule has 0 atom stereocenters. The molecule has 2 nitrogen and oxygen atoms in total. The Morgan fingerprint density at radius 2 is 2.23 bits per heavy atom. The number of hydrogen-bond acceptors (Lipinski definition) is 1. The number of fused-ring (bicyclic) bond motifs is 1. The van der Waals surface area contributed by atoms with Crippen LogP contribution >= 0.6 is 12.2 Å². The molecule has 0 aliphatic rings. The fraction of sp³-hybridized carbons (Fsp3) is 0.100. The number of thiocarbonyl (C=S) groups is 1. The van der Waals surface area contributed by atoms with Gasteiger partial charge in [0.05, 0.1) is 4.99 Å². The van der Waals surface area contributed by atoms with Crippen molar-refractivity contribution in [3.8, 4) is 0 Å². The lowest BCUT2D eigenvalue weighted by atomic mass is 10.1. The van der Waals surface area contributed by atoms with E-state index in [2.05, 4.69) is 11.1 Å². The van der Waals surface area contributed by atoms with Gasteiger partial charge in [-0.2, -0.15) is 0 Å². The van der Waals surface area contributed by atoms with E-state index < -0.39 is 0 Å². The monoisotopic (exact) mass is 190 g/mol. The van der Waals surface area contributed by atoms with Crippen molar-refractivity contribution in [3.63, 3.8) is 0 Å². The van der Waals surface area contributed by atoms with Gasteiger partial charge >= 0.3 is 0 Å². The summed E-state index contributed by atoms with van der Waals surface area (Å²) >= 11 is 4.88. The minimum atomic E-state index is 0.530. The van der Waals surface area contributed by atoms with E-state index in [9.17, 15) is 0 Å². The van der Waals surface area contributed by atoms with Gasteiger partial charge in [-0.05, 0) is 17.0 Å². The quantitative estimate of drug-likeness (QED) is 0.711. The minimum Gasteiger partial charge on any atom is -0.393 e. The summed E-state index contributed by atoms with van der Waals surface area (Å²) in [5.41, 5.74) is 7.80. The number of rotatable bonds is 2. The normalized spacial score (nSPS) is 10.5. The highest BCUT2D eigenvalue weighted by Gasteiger charge is 2.01. The van der Waals surface area contributed by atoms with Gasteiger partial charge < -0.3 is 10.7 Å². The molecule has 0 fully saturated rings. The second kappa shape index (κ2) is 3.18. The van der Waals surface area contributed by atoms with Gasteiger partial charge in [0, 0.05) is 18.1 Å². The molecule has 0 amide bonds. The Hall–Kier alpha value is -1.35. The van der Waals surface area contributed by atoms with Crippen molar-refractivity contribution < 1.29 is 0 Å². The highest BCUT2D eigenvalue weighted by molar-refractivity contribution is 7.80. The van der Waals surface area contributed by atoms with Gasteiger partial charge in [-0.1, -0.05) is 30.4 Å². The van der Waals surface area contributed by atoms with Crippen LogP contribution in [0.5, 0.6) is 0 Å². The van der Waals surface area contributed by atoms with Crippen LogP contribution in [0.15, 0.2) is 30.5 Å². The second-order valence-electron chi connectivity index (χ2n) is 3.00. The largest absolute Gasteiger partial charge is 0.393 e. The summed E-state index contributed by atoms with van der Waals surface area (Å²) in [5.74, 6) is 0. The SMILES string of the molecule is NC(=S)Cc1cccc2cc[nH]c12. The molecule has 0 unspecified atom stereocenters. The molecule has 3 heteroatoms. The molecular weight excluding hydrogens is 180 g/mol. The summed E-state index contributed by atoms with van der Waals surface area (Å²) in [6.45, 7) is 0. The highest BCUT2D eigenvalue weighted by atomic mass is 32.1. The van der Waals surface area contributed by atoms with Crippen molar-refractivity contribution in [1.29, 1.82) is 0 Å². The Bertz CT molecular complexity index is 445. The smallest absolute Gasteiger partial charge is 0.0772 e. The van der Waals surface area contributed by atoms with E-state index in [0.29, 0.717) is 11.4 Å². The summed E-state index contributed by atoms with van der Waals surface area (Å²) in [6, 6.07) is 8.16. The second-order valence-corrected chi connectivity index (χ2v) is 3.53. The number of H-pyrrole nitrogens is 1. The van der Waals surface area contributed by atoms with E-state index in [-0.39, 0.29) is 0 Å². The maximum Gasteiger partial charge on any atom is 0.0772 e. The average molecular weight is 190 g/mol. The molecule has 66 valence electrons. The molecule has 1 aromatic heterocycles. The summed E-state index contributed by atoms with van der Waals surface area (Å²) in [4.78, 5) is 3.71. The number of benzene rings is 1. The average Bonchev–Trinajstić information content (AvgIpc) is 2.51. The first-order valence-corrected chi connectivity index (χ1v) is 4.51. The van der Waals surface area contributed by atoms with E-state index in [1.165, 1.54) is 5.39 Å². The lowest BCUT2D eigenvalue weighted by molar-refractivity contribution is 1.33. The van der Waals surface area contributed by atoms with Crippen molar-refractivity contribution in [1.82, 2.24) is 4.98 Å². The lowest BCUT2D eigenvalue weighted by Gasteiger charge is -2.00. The third-order valence-electron chi connectivity index (χ3n) is 2.04. The van der Waals surface area contributed by atoms with Crippen LogP contribution in [-0.2, 0) is 6.42 Å². The summed E-state index contributed by atoms with van der Waals surface area (Å²) in [7, 11) is 0. The number of aromatic amines is 1. The van der Waals surface area contributed by atoms with Crippen LogP contribution in [-0.4, -0.2) is 9.97 Å². The first-order valence-electron chi connectivity index (χ1n) is 4.10. The van der Waals surface area contributed by atoms with Crippen molar-refractivity contribution in [2.75, 3.05) is 0 Å². The molecule has 1 aromatic carbocycles. The number of hydrogen-bond donors (Lipinski definition) is 2. The van der Waals surface area contributed by atoms with Gasteiger partial charge in [-0.15, -0.1) is 0 Å². The lowest BCUT2D eigenvalue weighted by Crippen LogP contribution is -2.11. The van der Waals surface area contributed by atoms with Gasteiger partial charge in [0.1, 0.15) is 0 Å². The van der Waals surface area contributed by atoms with Crippen molar-refractivity contribution in [3.05, 3.63) is 36.0 Å². The van der Waals surface area contributed by atoms with Crippen LogP contribution < -0.4 is 5.73 Å². The van der Waals surface area contributed by atoms with Crippen LogP contribution in [0.2, 0.25) is 0 Å². The van der Waals surface area contributed by atoms with Crippen LogP contribution in [0.3, 0.4) is 0 Å². The summed E-state index contributed by atoms with van der Waals surface area (Å²) in [5, 5.41) is 1.20. The van der Waals surface area contributed by atoms with Crippen LogP contribution in [0.1, 0.15) is 5.56 Å². The maximum atomic E-state index is 5.50. The maximum absolute atomic E-state index is 5.50. The third kappa shape index (κ3) is 1.55. The fourth-order valence-corrected chi connectivity index (χ4v) is 1.64. The van der Waals surface area contributed by atoms with Crippen molar-refractivity contribution in [2.45, 2.75) is 6.42 Å². The van der Waals surface area contributed by atoms with Gasteiger partial charge in [0.2, 0.25) is 0 Å². The predicted molar refractivity (Wildman–Crippen MR) is 58.8 cm³/mol. The van der Waals surface area contributed by atoms with Crippen molar-refractivity contribution in [2.24, 2.45) is 5.73 Å².